The minimum Gasteiger partial charge on any atom is -0.331 e. The predicted octanol–water partition coefficient (Wildman–Crippen LogP) is 1.01. The van der Waals surface area contributed by atoms with Gasteiger partial charge in [0, 0.05) is 27.2 Å². The molecule has 0 saturated carbocycles. The molecule has 0 aromatic rings. The first kappa shape index (κ1) is 8.37. The minimum atomic E-state index is 0.148. The monoisotopic (exact) mass is 156 g/mol. The van der Waals surface area contributed by atoms with Crippen molar-refractivity contribution in [3.63, 3.8) is 0 Å². The van der Waals surface area contributed by atoms with Crippen molar-refractivity contribution in [1.29, 1.82) is 0 Å². The van der Waals surface area contributed by atoms with Gasteiger partial charge in [-0.05, 0) is 12.3 Å². The van der Waals surface area contributed by atoms with Crippen molar-refractivity contribution in [1.82, 2.24) is 9.80 Å². The van der Waals surface area contributed by atoms with E-state index in [1.54, 1.807) is 19.0 Å². The Kier molecular flexibility index (Phi) is 2.37. The summed E-state index contributed by atoms with van der Waals surface area (Å²) in [7, 11) is 3.59. The highest BCUT2D eigenvalue weighted by atomic mass is 16.2. The summed E-state index contributed by atoms with van der Waals surface area (Å²) in [6.45, 7) is 4.04. The number of amides is 2. The lowest BCUT2D eigenvalue weighted by atomic mass is 10.2. The van der Waals surface area contributed by atoms with Gasteiger partial charge in [-0.3, -0.25) is 0 Å². The average molecular weight is 156 g/mol. The lowest BCUT2D eigenvalue weighted by Gasteiger charge is -2.20. The van der Waals surface area contributed by atoms with Crippen LogP contribution in [0.4, 0.5) is 4.79 Å². The van der Waals surface area contributed by atoms with E-state index in [0.717, 1.165) is 19.5 Å². The van der Waals surface area contributed by atoms with Gasteiger partial charge in [0.25, 0.3) is 0 Å². The number of urea groups is 1. The minimum absolute atomic E-state index is 0.148. The summed E-state index contributed by atoms with van der Waals surface area (Å²) in [5.41, 5.74) is 0. The Bertz CT molecular complexity index is 156. The Balaban J connectivity index is 2.43. The molecule has 1 aliphatic heterocycles. The van der Waals surface area contributed by atoms with Crippen LogP contribution in [0, 0.1) is 5.92 Å². The number of carbonyl (C=O) groups is 1. The molecule has 1 heterocycles. The molecule has 0 spiro atoms. The smallest absolute Gasteiger partial charge is 0.319 e. The molecule has 1 saturated heterocycles. The number of rotatable bonds is 0. The molecule has 0 radical (unpaired) electrons. The highest BCUT2D eigenvalue weighted by molar-refractivity contribution is 5.74. The van der Waals surface area contributed by atoms with Gasteiger partial charge in [-0.15, -0.1) is 0 Å². The molecule has 0 aromatic heterocycles. The highest BCUT2D eigenvalue weighted by Gasteiger charge is 2.23. The zero-order valence-corrected chi connectivity index (χ0v) is 7.50. The SMILES string of the molecule is C[C@H]1CCN(C(=O)N(C)C)C1. The fraction of sp³-hybridized carbons (Fsp3) is 0.875. The second kappa shape index (κ2) is 3.11. The second-order valence-corrected chi connectivity index (χ2v) is 3.52. The van der Waals surface area contributed by atoms with E-state index in [4.69, 9.17) is 0 Å². The fourth-order valence-electron chi connectivity index (χ4n) is 1.39. The van der Waals surface area contributed by atoms with E-state index < -0.39 is 0 Å². The molecular formula is C8H16N2O. The van der Waals surface area contributed by atoms with Crippen molar-refractivity contribution in [2.24, 2.45) is 5.92 Å². The van der Waals surface area contributed by atoms with Gasteiger partial charge in [0.05, 0.1) is 0 Å². The van der Waals surface area contributed by atoms with Crippen molar-refractivity contribution >= 4 is 6.03 Å². The highest BCUT2D eigenvalue weighted by Crippen LogP contribution is 2.15. The van der Waals surface area contributed by atoms with Gasteiger partial charge in [0.2, 0.25) is 0 Å². The summed E-state index contributed by atoms with van der Waals surface area (Å²) < 4.78 is 0. The van der Waals surface area contributed by atoms with Crippen LogP contribution >= 0.6 is 0 Å². The Morgan fingerprint density at radius 2 is 2.18 bits per heavy atom. The maximum absolute atomic E-state index is 11.3. The van der Waals surface area contributed by atoms with Gasteiger partial charge in [-0.2, -0.15) is 0 Å². The molecule has 1 rings (SSSR count). The lowest BCUT2D eigenvalue weighted by molar-refractivity contribution is 0.180. The average Bonchev–Trinajstić information content (AvgIpc) is 2.34. The maximum Gasteiger partial charge on any atom is 0.319 e. The molecule has 2 amide bonds. The second-order valence-electron chi connectivity index (χ2n) is 3.52. The van der Waals surface area contributed by atoms with Gasteiger partial charge >= 0.3 is 6.03 Å². The van der Waals surface area contributed by atoms with E-state index >= 15 is 0 Å². The third kappa shape index (κ3) is 1.85. The molecule has 3 nitrogen and oxygen atoms in total. The normalized spacial score (nSPS) is 23.9. The summed E-state index contributed by atoms with van der Waals surface area (Å²) in [6, 6.07) is 0.148. The molecule has 0 bridgehead atoms. The first-order valence-electron chi connectivity index (χ1n) is 4.07. The molecule has 1 fully saturated rings. The first-order chi connectivity index (χ1) is 5.11. The molecule has 0 unspecified atom stereocenters. The summed E-state index contributed by atoms with van der Waals surface area (Å²) >= 11 is 0. The number of hydrogen-bond donors (Lipinski definition) is 0. The van der Waals surface area contributed by atoms with Gasteiger partial charge in [-0.1, -0.05) is 6.92 Å². The Labute approximate surface area is 68.0 Å². The van der Waals surface area contributed by atoms with E-state index in [9.17, 15) is 4.79 Å². The summed E-state index contributed by atoms with van der Waals surface area (Å²) in [5.74, 6) is 0.680. The van der Waals surface area contributed by atoms with Crippen molar-refractivity contribution in [2.45, 2.75) is 13.3 Å². The fourth-order valence-corrected chi connectivity index (χ4v) is 1.39. The van der Waals surface area contributed by atoms with Crippen LogP contribution in [0.3, 0.4) is 0 Å². The van der Waals surface area contributed by atoms with E-state index in [0.29, 0.717) is 5.92 Å². The molecule has 0 aromatic carbocycles. The molecule has 0 N–H and O–H groups in total. The van der Waals surface area contributed by atoms with Crippen molar-refractivity contribution in [3.8, 4) is 0 Å². The number of hydrogen-bond acceptors (Lipinski definition) is 1. The third-order valence-electron chi connectivity index (χ3n) is 2.08. The van der Waals surface area contributed by atoms with Crippen LogP contribution in [0.2, 0.25) is 0 Å². The number of likely N-dealkylation sites (tertiary alicyclic amines) is 1. The Morgan fingerprint density at radius 3 is 2.55 bits per heavy atom. The molecule has 3 heteroatoms. The zero-order chi connectivity index (χ0) is 8.43. The third-order valence-corrected chi connectivity index (χ3v) is 2.08. The topological polar surface area (TPSA) is 23.6 Å². The van der Waals surface area contributed by atoms with E-state index in [-0.39, 0.29) is 6.03 Å². The first-order valence-corrected chi connectivity index (χ1v) is 4.07. The van der Waals surface area contributed by atoms with Gasteiger partial charge in [0.15, 0.2) is 0 Å². The number of carbonyl (C=O) groups excluding carboxylic acids is 1. The van der Waals surface area contributed by atoms with Crippen LogP contribution in [0.5, 0.6) is 0 Å². The summed E-state index contributed by atoms with van der Waals surface area (Å²) in [4.78, 5) is 14.9. The molecule has 0 aliphatic carbocycles. The van der Waals surface area contributed by atoms with Crippen molar-refractivity contribution in [2.75, 3.05) is 27.2 Å². The molecule has 64 valence electrons. The van der Waals surface area contributed by atoms with Crippen LogP contribution in [0.15, 0.2) is 0 Å². The molecule has 1 aliphatic rings. The maximum atomic E-state index is 11.3. The molecule has 1 atom stereocenters. The van der Waals surface area contributed by atoms with Crippen LogP contribution in [-0.2, 0) is 0 Å². The lowest BCUT2D eigenvalue weighted by Crippen LogP contribution is -2.37. The van der Waals surface area contributed by atoms with Crippen LogP contribution in [-0.4, -0.2) is 43.0 Å². The summed E-state index contributed by atoms with van der Waals surface area (Å²) in [5, 5.41) is 0. The predicted molar refractivity (Wildman–Crippen MR) is 44.4 cm³/mol. The Morgan fingerprint density at radius 1 is 1.55 bits per heavy atom. The largest absolute Gasteiger partial charge is 0.331 e. The standard InChI is InChI=1S/C8H16N2O/c1-7-4-5-10(6-7)8(11)9(2)3/h7H,4-6H2,1-3H3/t7-/m0/s1. The van der Waals surface area contributed by atoms with E-state index in [2.05, 4.69) is 6.92 Å². The quantitative estimate of drug-likeness (QED) is 0.513. The van der Waals surface area contributed by atoms with E-state index in [1.807, 2.05) is 4.90 Å². The molecule has 11 heavy (non-hydrogen) atoms. The number of nitrogens with zero attached hydrogens (tertiary/aromatic N) is 2. The van der Waals surface area contributed by atoms with Gasteiger partial charge in [0.1, 0.15) is 0 Å². The van der Waals surface area contributed by atoms with Crippen molar-refractivity contribution in [3.05, 3.63) is 0 Å². The van der Waals surface area contributed by atoms with Crippen LogP contribution in [0.25, 0.3) is 0 Å². The zero-order valence-electron chi connectivity index (χ0n) is 7.50. The Hall–Kier alpha value is -0.730. The van der Waals surface area contributed by atoms with E-state index in [1.165, 1.54) is 0 Å². The van der Waals surface area contributed by atoms with Crippen LogP contribution in [0.1, 0.15) is 13.3 Å². The van der Waals surface area contributed by atoms with Crippen molar-refractivity contribution < 1.29 is 4.79 Å². The van der Waals surface area contributed by atoms with Crippen LogP contribution < -0.4 is 0 Å². The van der Waals surface area contributed by atoms with Gasteiger partial charge in [-0.25, -0.2) is 4.79 Å². The van der Waals surface area contributed by atoms with Gasteiger partial charge < -0.3 is 9.80 Å². The summed E-state index contributed by atoms with van der Waals surface area (Å²) in [6.07, 6.45) is 1.15. The molecular weight excluding hydrogens is 140 g/mol.